The maximum absolute atomic E-state index is 12.9. The molecule has 29 heavy (non-hydrogen) atoms. The number of amides is 2. The number of aromatic nitrogens is 2. The average molecular weight is 414 g/mol. The molecule has 0 atom stereocenters. The van der Waals surface area contributed by atoms with Gasteiger partial charge in [-0.15, -0.1) is 0 Å². The quantitative estimate of drug-likeness (QED) is 0.665. The Bertz CT molecular complexity index is 1180. The van der Waals surface area contributed by atoms with E-state index in [1.807, 2.05) is 25.1 Å². The Morgan fingerprint density at radius 1 is 1.14 bits per heavy atom. The van der Waals surface area contributed by atoms with Gasteiger partial charge in [-0.1, -0.05) is 31.2 Å². The third-order valence-corrected chi connectivity index (χ3v) is 5.40. The standard InChI is InChI=1S/C20H22N4O4S/c1-4-14-9-5-6-10-15(14)21-17(25)13-23(2)19(26)18-16-11-7-8-12-24(16)20(22-18)29(3,27)28/h5-12H,4,13H2,1-3H3,(H,21,25). The van der Waals surface area contributed by atoms with E-state index in [-0.39, 0.29) is 23.3 Å². The predicted octanol–water partition coefficient (Wildman–Crippen LogP) is 2.01. The predicted molar refractivity (Wildman–Crippen MR) is 110 cm³/mol. The molecule has 3 rings (SSSR count). The van der Waals surface area contributed by atoms with Crippen molar-refractivity contribution in [2.45, 2.75) is 18.5 Å². The maximum Gasteiger partial charge on any atom is 0.274 e. The van der Waals surface area contributed by atoms with Gasteiger partial charge in [0.05, 0.1) is 12.1 Å². The van der Waals surface area contributed by atoms with Gasteiger partial charge in [0.25, 0.3) is 5.91 Å². The summed E-state index contributed by atoms with van der Waals surface area (Å²) in [6.07, 6.45) is 3.33. The number of fused-ring (bicyclic) bond motifs is 1. The molecule has 0 saturated carbocycles. The molecular formula is C20H22N4O4S. The molecule has 0 bridgehead atoms. The Morgan fingerprint density at radius 3 is 2.52 bits per heavy atom. The highest BCUT2D eigenvalue weighted by molar-refractivity contribution is 7.90. The van der Waals surface area contributed by atoms with Crippen LogP contribution in [0.1, 0.15) is 23.0 Å². The highest BCUT2D eigenvalue weighted by atomic mass is 32.2. The molecule has 0 aliphatic heterocycles. The van der Waals surface area contributed by atoms with E-state index in [0.29, 0.717) is 11.2 Å². The first-order valence-corrected chi connectivity index (χ1v) is 10.9. The number of rotatable bonds is 6. The molecule has 0 fully saturated rings. The van der Waals surface area contributed by atoms with Crippen LogP contribution in [0.25, 0.3) is 5.52 Å². The Labute approximate surface area is 169 Å². The lowest BCUT2D eigenvalue weighted by Gasteiger charge is -2.17. The number of hydrogen-bond donors (Lipinski definition) is 1. The summed E-state index contributed by atoms with van der Waals surface area (Å²) in [5.41, 5.74) is 2.04. The number of carbonyl (C=O) groups is 2. The number of benzene rings is 1. The van der Waals surface area contributed by atoms with Crippen molar-refractivity contribution in [1.82, 2.24) is 14.3 Å². The number of carbonyl (C=O) groups excluding carboxylic acids is 2. The second kappa shape index (κ2) is 8.04. The summed E-state index contributed by atoms with van der Waals surface area (Å²) in [4.78, 5) is 30.6. The molecule has 0 unspecified atom stereocenters. The first-order valence-electron chi connectivity index (χ1n) is 9.02. The number of aryl methyl sites for hydroxylation is 1. The highest BCUT2D eigenvalue weighted by Crippen LogP contribution is 2.19. The summed E-state index contributed by atoms with van der Waals surface area (Å²) in [6, 6.07) is 12.4. The molecule has 0 radical (unpaired) electrons. The van der Waals surface area contributed by atoms with Gasteiger partial charge in [0.15, 0.2) is 5.69 Å². The number of likely N-dealkylation sites (N-methyl/N-ethyl adjacent to an activating group) is 1. The summed E-state index contributed by atoms with van der Waals surface area (Å²) in [5.74, 6) is -0.892. The van der Waals surface area contributed by atoms with Crippen LogP contribution in [0.3, 0.4) is 0 Å². The van der Waals surface area contributed by atoms with Crippen LogP contribution in [0, 0.1) is 0 Å². The second-order valence-corrected chi connectivity index (χ2v) is 8.60. The number of hydrogen-bond acceptors (Lipinski definition) is 5. The second-order valence-electron chi connectivity index (χ2n) is 6.69. The lowest BCUT2D eigenvalue weighted by atomic mass is 10.1. The van der Waals surface area contributed by atoms with Crippen molar-refractivity contribution in [3.63, 3.8) is 0 Å². The normalized spacial score (nSPS) is 11.4. The van der Waals surface area contributed by atoms with Crippen molar-refractivity contribution in [2.75, 3.05) is 25.2 Å². The molecule has 152 valence electrons. The van der Waals surface area contributed by atoms with E-state index in [1.165, 1.54) is 22.5 Å². The van der Waals surface area contributed by atoms with Crippen LogP contribution in [0.15, 0.2) is 53.8 Å². The van der Waals surface area contributed by atoms with Crippen molar-refractivity contribution in [3.05, 3.63) is 59.9 Å². The van der Waals surface area contributed by atoms with Gasteiger partial charge in [-0.3, -0.25) is 14.0 Å². The number of sulfone groups is 1. The minimum atomic E-state index is -3.64. The van der Waals surface area contributed by atoms with Gasteiger partial charge in [0.2, 0.25) is 20.9 Å². The first kappa shape index (κ1) is 20.5. The average Bonchev–Trinajstić information content (AvgIpc) is 3.07. The number of nitrogens with zero attached hydrogens (tertiary/aromatic N) is 3. The highest BCUT2D eigenvalue weighted by Gasteiger charge is 2.25. The fourth-order valence-electron chi connectivity index (χ4n) is 3.04. The molecule has 1 aromatic carbocycles. The Hall–Kier alpha value is -3.20. The van der Waals surface area contributed by atoms with Crippen LogP contribution < -0.4 is 5.32 Å². The van der Waals surface area contributed by atoms with E-state index in [0.717, 1.165) is 18.2 Å². The molecule has 1 N–H and O–H groups in total. The van der Waals surface area contributed by atoms with Crippen LogP contribution in [0.2, 0.25) is 0 Å². The molecule has 2 aromatic heterocycles. The monoisotopic (exact) mass is 414 g/mol. The van der Waals surface area contributed by atoms with Gasteiger partial charge >= 0.3 is 0 Å². The van der Waals surface area contributed by atoms with Crippen molar-refractivity contribution in [1.29, 1.82) is 0 Å². The van der Waals surface area contributed by atoms with E-state index in [2.05, 4.69) is 10.3 Å². The van der Waals surface area contributed by atoms with E-state index < -0.39 is 15.7 Å². The number of pyridine rings is 1. The fraction of sp³-hybridized carbons (Fsp3) is 0.250. The SMILES string of the molecule is CCc1ccccc1NC(=O)CN(C)C(=O)c1nc(S(C)(=O)=O)n2ccccc12. The third-order valence-electron chi connectivity index (χ3n) is 4.45. The maximum atomic E-state index is 12.9. The Kier molecular flexibility index (Phi) is 5.69. The van der Waals surface area contributed by atoms with Gasteiger partial charge in [0, 0.05) is 25.2 Å². The van der Waals surface area contributed by atoms with Gasteiger partial charge in [-0.2, -0.15) is 0 Å². The van der Waals surface area contributed by atoms with Crippen molar-refractivity contribution in [2.24, 2.45) is 0 Å². The van der Waals surface area contributed by atoms with Gasteiger partial charge < -0.3 is 10.2 Å². The van der Waals surface area contributed by atoms with Crippen LogP contribution in [-0.4, -0.2) is 54.4 Å². The zero-order valence-electron chi connectivity index (χ0n) is 16.4. The van der Waals surface area contributed by atoms with E-state index in [4.69, 9.17) is 0 Å². The molecular weight excluding hydrogens is 392 g/mol. The topological polar surface area (TPSA) is 101 Å². The number of nitrogens with one attached hydrogen (secondary N) is 1. The molecule has 0 spiro atoms. The minimum absolute atomic E-state index is 0.0183. The van der Waals surface area contributed by atoms with Crippen LogP contribution in [-0.2, 0) is 21.1 Å². The molecule has 3 aromatic rings. The zero-order valence-corrected chi connectivity index (χ0v) is 17.2. The van der Waals surface area contributed by atoms with Crippen LogP contribution >= 0.6 is 0 Å². The van der Waals surface area contributed by atoms with Gasteiger partial charge in [-0.25, -0.2) is 13.4 Å². The number of imidazole rings is 1. The third kappa shape index (κ3) is 4.29. The minimum Gasteiger partial charge on any atom is -0.331 e. The van der Waals surface area contributed by atoms with Gasteiger partial charge in [0.1, 0.15) is 0 Å². The molecule has 2 heterocycles. The van der Waals surface area contributed by atoms with E-state index >= 15 is 0 Å². The summed E-state index contributed by atoms with van der Waals surface area (Å²) in [7, 11) is -2.16. The first-order chi connectivity index (χ1) is 13.7. The zero-order chi connectivity index (χ0) is 21.2. The number of anilines is 1. The van der Waals surface area contributed by atoms with Crippen molar-refractivity contribution < 1.29 is 18.0 Å². The number of para-hydroxylation sites is 1. The van der Waals surface area contributed by atoms with E-state index in [9.17, 15) is 18.0 Å². The largest absolute Gasteiger partial charge is 0.331 e. The Morgan fingerprint density at radius 2 is 1.83 bits per heavy atom. The molecule has 8 nitrogen and oxygen atoms in total. The lowest BCUT2D eigenvalue weighted by Crippen LogP contribution is -2.35. The van der Waals surface area contributed by atoms with Crippen LogP contribution in [0.5, 0.6) is 0 Å². The Balaban J connectivity index is 1.83. The summed E-state index contributed by atoms with van der Waals surface area (Å²) in [5, 5.41) is 2.59. The molecule has 2 amide bonds. The molecule has 0 aliphatic carbocycles. The molecule has 0 aliphatic rings. The summed E-state index contributed by atoms with van der Waals surface area (Å²) < 4.78 is 25.4. The summed E-state index contributed by atoms with van der Waals surface area (Å²) >= 11 is 0. The van der Waals surface area contributed by atoms with Crippen molar-refractivity contribution in [3.8, 4) is 0 Å². The smallest absolute Gasteiger partial charge is 0.274 e. The lowest BCUT2D eigenvalue weighted by molar-refractivity contribution is -0.116. The molecule has 9 heteroatoms. The molecule has 0 saturated heterocycles. The van der Waals surface area contributed by atoms with Crippen LogP contribution in [0.4, 0.5) is 5.69 Å². The summed E-state index contributed by atoms with van der Waals surface area (Å²) in [6.45, 7) is 1.79. The van der Waals surface area contributed by atoms with Crippen molar-refractivity contribution >= 4 is 32.9 Å². The van der Waals surface area contributed by atoms with E-state index in [1.54, 1.807) is 24.3 Å². The fourth-order valence-corrected chi connectivity index (χ4v) is 3.81. The van der Waals surface area contributed by atoms with Gasteiger partial charge in [-0.05, 0) is 30.2 Å².